The van der Waals surface area contributed by atoms with E-state index in [-0.39, 0.29) is 5.56 Å². The standard InChI is InChI=1S/C23H20N6O/c1-14-7-6-10-24-21(14)29-18(11-17-8-4-5-9-19(17)23(29)30)12-28-22-20(16(3)27-28)15(2)25-13-26-22/h4-11,13H,12H2,1-3H3. The third kappa shape index (κ3) is 2.78. The van der Waals surface area contributed by atoms with Gasteiger partial charge in [0.1, 0.15) is 12.1 Å². The lowest BCUT2D eigenvalue weighted by atomic mass is 10.1. The van der Waals surface area contributed by atoms with Crippen molar-refractivity contribution in [2.75, 3.05) is 0 Å². The summed E-state index contributed by atoms with van der Waals surface area (Å²) < 4.78 is 3.52. The van der Waals surface area contributed by atoms with E-state index < -0.39 is 0 Å². The van der Waals surface area contributed by atoms with Crippen molar-refractivity contribution in [3.05, 3.63) is 88.0 Å². The van der Waals surface area contributed by atoms with E-state index in [1.807, 2.05) is 67.9 Å². The second-order valence-electron chi connectivity index (χ2n) is 7.41. The van der Waals surface area contributed by atoms with Crippen LogP contribution in [0.15, 0.2) is 59.8 Å². The highest BCUT2D eigenvalue weighted by atomic mass is 16.1. The number of nitrogens with zero attached hydrogens (tertiary/aromatic N) is 6. The van der Waals surface area contributed by atoms with Crippen LogP contribution in [0.25, 0.3) is 27.6 Å². The summed E-state index contributed by atoms with van der Waals surface area (Å²) in [5, 5.41) is 7.19. The zero-order valence-electron chi connectivity index (χ0n) is 17.0. The predicted octanol–water partition coefficient (Wildman–Crippen LogP) is 3.50. The molecule has 0 fully saturated rings. The molecule has 0 atom stereocenters. The highest BCUT2D eigenvalue weighted by molar-refractivity contribution is 5.83. The van der Waals surface area contributed by atoms with Crippen LogP contribution in [0, 0.1) is 20.8 Å². The van der Waals surface area contributed by atoms with E-state index in [0.717, 1.165) is 39.1 Å². The van der Waals surface area contributed by atoms with Crippen LogP contribution < -0.4 is 5.56 Å². The summed E-state index contributed by atoms with van der Waals surface area (Å²) in [5.41, 5.74) is 4.14. The molecule has 0 aliphatic heterocycles. The van der Waals surface area contributed by atoms with Crippen LogP contribution in [0.5, 0.6) is 0 Å². The second kappa shape index (κ2) is 6.88. The van der Waals surface area contributed by atoms with Gasteiger partial charge >= 0.3 is 0 Å². The quantitative estimate of drug-likeness (QED) is 0.466. The largest absolute Gasteiger partial charge is 0.268 e. The lowest BCUT2D eigenvalue weighted by Crippen LogP contribution is -2.25. The molecule has 7 nitrogen and oxygen atoms in total. The normalized spacial score (nSPS) is 11.4. The van der Waals surface area contributed by atoms with E-state index in [4.69, 9.17) is 5.10 Å². The van der Waals surface area contributed by atoms with Gasteiger partial charge in [-0.3, -0.25) is 9.36 Å². The van der Waals surface area contributed by atoms with Gasteiger partial charge in [0.15, 0.2) is 5.65 Å². The summed E-state index contributed by atoms with van der Waals surface area (Å²) in [7, 11) is 0. The molecule has 7 heteroatoms. The van der Waals surface area contributed by atoms with E-state index in [1.165, 1.54) is 0 Å². The van der Waals surface area contributed by atoms with Crippen LogP contribution in [0.4, 0.5) is 0 Å². The molecule has 0 bridgehead atoms. The number of aromatic nitrogens is 6. The third-order valence-electron chi connectivity index (χ3n) is 5.40. The molecule has 0 radical (unpaired) electrons. The summed E-state index contributed by atoms with van der Waals surface area (Å²) in [6.45, 7) is 6.24. The Labute approximate surface area is 172 Å². The molecule has 30 heavy (non-hydrogen) atoms. The average Bonchev–Trinajstić information content (AvgIpc) is 3.06. The molecule has 4 aromatic heterocycles. The monoisotopic (exact) mass is 396 g/mol. The van der Waals surface area contributed by atoms with Gasteiger partial charge in [0.25, 0.3) is 5.56 Å². The summed E-state index contributed by atoms with van der Waals surface area (Å²) in [4.78, 5) is 26.7. The summed E-state index contributed by atoms with van der Waals surface area (Å²) >= 11 is 0. The molecule has 0 amide bonds. The van der Waals surface area contributed by atoms with Crippen molar-refractivity contribution in [2.24, 2.45) is 0 Å². The fraction of sp³-hybridized carbons (Fsp3) is 0.174. The molecule has 4 heterocycles. The molecule has 0 saturated carbocycles. The smallest absolute Gasteiger partial charge is 0.264 e. The number of hydrogen-bond acceptors (Lipinski definition) is 5. The minimum absolute atomic E-state index is 0.0936. The number of hydrogen-bond donors (Lipinski definition) is 0. The summed E-state index contributed by atoms with van der Waals surface area (Å²) in [6.07, 6.45) is 3.25. The maximum absolute atomic E-state index is 13.5. The van der Waals surface area contributed by atoms with Gasteiger partial charge in [0, 0.05) is 11.6 Å². The number of rotatable bonds is 3. The SMILES string of the molecule is Cc1cccnc1-n1c(Cn2nc(C)c3c(C)ncnc32)cc2ccccc2c1=O. The fourth-order valence-corrected chi connectivity index (χ4v) is 4.00. The maximum atomic E-state index is 13.5. The lowest BCUT2D eigenvalue weighted by Gasteiger charge is -2.16. The van der Waals surface area contributed by atoms with E-state index in [1.54, 1.807) is 17.1 Å². The third-order valence-corrected chi connectivity index (χ3v) is 5.40. The van der Waals surface area contributed by atoms with E-state index in [2.05, 4.69) is 15.0 Å². The number of pyridine rings is 2. The number of aryl methyl sites for hydroxylation is 3. The van der Waals surface area contributed by atoms with E-state index >= 15 is 0 Å². The fourth-order valence-electron chi connectivity index (χ4n) is 4.00. The predicted molar refractivity (Wildman–Crippen MR) is 116 cm³/mol. The van der Waals surface area contributed by atoms with Gasteiger partial charge in [-0.1, -0.05) is 24.3 Å². The van der Waals surface area contributed by atoms with Gasteiger partial charge in [-0.05, 0) is 49.9 Å². The van der Waals surface area contributed by atoms with Crippen molar-refractivity contribution in [3.63, 3.8) is 0 Å². The number of benzene rings is 1. The number of fused-ring (bicyclic) bond motifs is 2. The first-order valence-corrected chi connectivity index (χ1v) is 9.75. The molecule has 0 saturated heterocycles. The highest BCUT2D eigenvalue weighted by Crippen LogP contribution is 2.22. The Kier molecular flexibility index (Phi) is 4.17. The highest BCUT2D eigenvalue weighted by Gasteiger charge is 2.17. The summed E-state index contributed by atoms with van der Waals surface area (Å²) in [6, 6.07) is 13.5. The van der Waals surface area contributed by atoms with Gasteiger partial charge in [0.05, 0.1) is 29.0 Å². The topological polar surface area (TPSA) is 78.5 Å². The average molecular weight is 396 g/mol. The molecule has 0 spiro atoms. The molecule has 5 rings (SSSR count). The van der Waals surface area contributed by atoms with Crippen LogP contribution >= 0.6 is 0 Å². The van der Waals surface area contributed by atoms with Crippen molar-refractivity contribution in [2.45, 2.75) is 27.3 Å². The molecular formula is C23H20N6O. The van der Waals surface area contributed by atoms with Crippen LogP contribution in [0.3, 0.4) is 0 Å². The van der Waals surface area contributed by atoms with Gasteiger partial charge in [0.2, 0.25) is 0 Å². The molecule has 0 unspecified atom stereocenters. The van der Waals surface area contributed by atoms with E-state index in [9.17, 15) is 4.79 Å². The molecule has 0 aliphatic rings. The van der Waals surface area contributed by atoms with Crippen LogP contribution in [-0.4, -0.2) is 29.3 Å². The van der Waals surface area contributed by atoms with Crippen LogP contribution in [0.1, 0.15) is 22.6 Å². The van der Waals surface area contributed by atoms with Crippen molar-refractivity contribution in [1.29, 1.82) is 0 Å². The van der Waals surface area contributed by atoms with Crippen LogP contribution in [-0.2, 0) is 6.54 Å². The van der Waals surface area contributed by atoms with Crippen molar-refractivity contribution in [3.8, 4) is 5.82 Å². The summed E-state index contributed by atoms with van der Waals surface area (Å²) in [5.74, 6) is 0.627. The Morgan fingerprint density at radius 1 is 0.933 bits per heavy atom. The molecule has 1 aromatic carbocycles. The molecule has 0 aliphatic carbocycles. The van der Waals surface area contributed by atoms with Crippen molar-refractivity contribution < 1.29 is 0 Å². The van der Waals surface area contributed by atoms with Gasteiger partial charge in [-0.25, -0.2) is 19.6 Å². The van der Waals surface area contributed by atoms with Gasteiger partial charge in [-0.15, -0.1) is 0 Å². The Hall–Kier alpha value is -3.87. The molecule has 0 N–H and O–H groups in total. The molecule has 148 valence electrons. The first-order valence-electron chi connectivity index (χ1n) is 9.75. The lowest BCUT2D eigenvalue weighted by molar-refractivity contribution is 0.660. The Balaban J connectivity index is 1.79. The minimum Gasteiger partial charge on any atom is -0.268 e. The van der Waals surface area contributed by atoms with Gasteiger partial charge < -0.3 is 0 Å². The molecule has 5 aromatic rings. The zero-order valence-corrected chi connectivity index (χ0v) is 17.0. The molecular weight excluding hydrogens is 376 g/mol. The van der Waals surface area contributed by atoms with Crippen molar-refractivity contribution >= 4 is 21.8 Å². The van der Waals surface area contributed by atoms with Crippen LogP contribution in [0.2, 0.25) is 0 Å². The Morgan fingerprint density at radius 3 is 2.60 bits per heavy atom. The Morgan fingerprint density at radius 2 is 1.77 bits per heavy atom. The maximum Gasteiger partial charge on any atom is 0.264 e. The van der Waals surface area contributed by atoms with Crippen molar-refractivity contribution in [1.82, 2.24) is 29.3 Å². The first-order chi connectivity index (χ1) is 14.5. The minimum atomic E-state index is -0.0936. The second-order valence-corrected chi connectivity index (χ2v) is 7.41. The zero-order chi connectivity index (χ0) is 20.8. The Bertz CT molecular complexity index is 1480. The van der Waals surface area contributed by atoms with Gasteiger partial charge in [-0.2, -0.15) is 5.10 Å². The first kappa shape index (κ1) is 18.2. The van der Waals surface area contributed by atoms with E-state index in [0.29, 0.717) is 17.7 Å².